The van der Waals surface area contributed by atoms with Gasteiger partial charge in [-0.2, -0.15) is 4.68 Å². The second kappa shape index (κ2) is 8.85. The standard InChI is InChI=1S/C26H19ClN6O2S/c1-16-24-20(11-23(34)31(16)15-18-12-28-13-22(27)29-18)32(14-17-7-3-2-4-8-17)33(25(24)35)26-30-19-9-5-6-10-21(19)36-26/h2-13H,14-15H2,1H3. The van der Waals surface area contributed by atoms with E-state index in [0.717, 1.165) is 15.8 Å². The highest BCUT2D eigenvalue weighted by Crippen LogP contribution is 2.26. The summed E-state index contributed by atoms with van der Waals surface area (Å²) in [5, 5.41) is 1.25. The Balaban J connectivity index is 1.61. The Morgan fingerprint density at radius 2 is 1.72 bits per heavy atom. The molecule has 0 saturated carbocycles. The van der Waals surface area contributed by atoms with E-state index in [4.69, 9.17) is 16.6 Å². The average molecular weight is 515 g/mol. The summed E-state index contributed by atoms with van der Waals surface area (Å²) < 4.78 is 5.92. The van der Waals surface area contributed by atoms with Crippen molar-refractivity contribution < 1.29 is 0 Å². The number of benzene rings is 2. The van der Waals surface area contributed by atoms with E-state index in [0.29, 0.717) is 34.0 Å². The summed E-state index contributed by atoms with van der Waals surface area (Å²) in [7, 11) is 0. The number of nitrogens with zero attached hydrogens (tertiary/aromatic N) is 6. The van der Waals surface area contributed by atoms with Gasteiger partial charge in [-0.1, -0.05) is 65.4 Å². The molecule has 10 heteroatoms. The number of aryl methyl sites for hydroxylation is 1. The van der Waals surface area contributed by atoms with Crippen molar-refractivity contribution in [2.24, 2.45) is 0 Å². The first-order valence-corrected chi connectivity index (χ1v) is 12.4. The number of hydrogen-bond acceptors (Lipinski definition) is 6. The first kappa shape index (κ1) is 22.4. The highest BCUT2D eigenvalue weighted by molar-refractivity contribution is 7.20. The molecule has 0 aliphatic carbocycles. The van der Waals surface area contributed by atoms with Crippen molar-refractivity contribution in [2.45, 2.75) is 20.0 Å². The molecule has 4 aromatic heterocycles. The zero-order valence-corrected chi connectivity index (χ0v) is 20.7. The molecule has 178 valence electrons. The van der Waals surface area contributed by atoms with E-state index < -0.39 is 0 Å². The minimum absolute atomic E-state index is 0.151. The van der Waals surface area contributed by atoms with Crippen LogP contribution in [0.4, 0.5) is 0 Å². The highest BCUT2D eigenvalue weighted by Gasteiger charge is 2.22. The molecule has 0 radical (unpaired) electrons. The molecule has 0 aliphatic rings. The predicted molar refractivity (Wildman–Crippen MR) is 141 cm³/mol. The van der Waals surface area contributed by atoms with Crippen molar-refractivity contribution in [2.75, 3.05) is 0 Å². The van der Waals surface area contributed by atoms with Crippen LogP contribution in [0.3, 0.4) is 0 Å². The molecule has 0 N–H and O–H groups in total. The van der Waals surface area contributed by atoms with E-state index in [1.165, 1.54) is 28.2 Å². The number of pyridine rings is 1. The fourth-order valence-electron chi connectivity index (χ4n) is 4.41. The zero-order valence-electron chi connectivity index (χ0n) is 19.1. The van der Waals surface area contributed by atoms with Crippen LogP contribution in [-0.4, -0.2) is 28.9 Å². The molecule has 0 fully saturated rings. The van der Waals surface area contributed by atoms with Crippen LogP contribution in [0.5, 0.6) is 0 Å². The molecule has 6 aromatic rings. The number of fused-ring (bicyclic) bond motifs is 2. The van der Waals surface area contributed by atoms with Crippen LogP contribution in [0.1, 0.15) is 17.0 Å². The van der Waals surface area contributed by atoms with Gasteiger partial charge < -0.3 is 4.57 Å². The zero-order chi connectivity index (χ0) is 24.8. The van der Waals surface area contributed by atoms with E-state index in [-0.39, 0.29) is 22.8 Å². The van der Waals surface area contributed by atoms with Gasteiger partial charge in [0.1, 0.15) is 5.15 Å². The molecule has 36 heavy (non-hydrogen) atoms. The topological polar surface area (TPSA) is 87.6 Å². The maximum Gasteiger partial charge on any atom is 0.283 e. The van der Waals surface area contributed by atoms with Gasteiger partial charge in [0.25, 0.3) is 11.1 Å². The summed E-state index contributed by atoms with van der Waals surface area (Å²) in [6, 6.07) is 19.1. The Bertz CT molecular complexity index is 1840. The minimum atomic E-state index is -0.245. The number of halogens is 1. The molecule has 2 aromatic carbocycles. The number of aromatic nitrogens is 6. The smallest absolute Gasteiger partial charge is 0.283 e. The molecule has 6 rings (SSSR count). The summed E-state index contributed by atoms with van der Waals surface area (Å²) in [4.78, 5) is 40.3. The van der Waals surface area contributed by atoms with Gasteiger partial charge in [-0.25, -0.2) is 9.97 Å². The van der Waals surface area contributed by atoms with Crippen LogP contribution in [0.15, 0.2) is 82.6 Å². The van der Waals surface area contributed by atoms with Gasteiger partial charge in [0.2, 0.25) is 5.13 Å². The molecule has 0 amide bonds. The third-order valence-corrected chi connectivity index (χ3v) is 7.28. The lowest BCUT2D eigenvalue weighted by Crippen LogP contribution is -2.24. The SMILES string of the molecule is Cc1c2c(=O)n(-c3nc4ccccc4s3)n(Cc3ccccc3)c2cc(=O)n1Cc1cncc(Cl)n1. The summed E-state index contributed by atoms with van der Waals surface area (Å²) in [5.74, 6) is 0. The Kier molecular flexibility index (Phi) is 5.50. The largest absolute Gasteiger partial charge is 0.306 e. The lowest BCUT2D eigenvalue weighted by Gasteiger charge is -2.12. The molecule has 0 unspecified atom stereocenters. The van der Waals surface area contributed by atoms with Gasteiger partial charge >= 0.3 is 0 Å². The molecular formula is C26H19ClN6O2S. The lowest BCUT2D eigenvalue weighted by molar-refractivity contribution is 0.610. The van der Waals surface area contributed by atoms with Gasteiger partial charge in [0, 0.05) is 11.8 Å². The van der Waals surface area contributed by atoms with Gasteiger partial charge in [-0.05, 0) is 24.6 Å². The Morgan fingerprint density at radius 3 is 2.50 bits per heavy atom. The minimum Gasteiger partial charge on any atom is -0.306 e. The molecular weight excluding hydrogens is 496 g/mol. The molecule has 0 spiro atoms. The average Bonchev–Trinajstić information content (AvgIpc) is 3.41. The maximum atomic E-state index is 14.0. The fourth-order valence-corrected chi connectivity index (χ4v) is 5.55. The number of rotatable bonds is 5. The van der Waals surface area contributed by atoms with Crippen LogP contribution in [0.2, 0.25) is 5.15 Å². The van der Waals surface area contributed by atoms with Crippen LogP contribution in [-0.2, 0) is 13.1 Å². The first-order chi connectivity index (χ1) is 17.5. The molecule has 4 heterocycles. The summed E-state index contributed by atoms with van der Waals surface area (Å²) >= 11 is 7.43. The van der Waals surface area contributed by atoms with Gasteiger partial charge in [-0.3, -0.25) is 19.3 Å². The predicted octanol–water partition coefficient (Wildman–Crippen LogP) is 4.41. The summed E-state index contributed by atoms with van der Waals surface area (Å²) in [5.41, 5.74) is 2.97. The van der Waals surface area contributed by atoms with Crippen molar-refractivity contribution in [3.05, 3.63) is 116 Å². The van der Waals surface area contributed by atoms with Gasteiger partial charge in [0.15, 0.2) is 0 Å². The van der Waals surface area contributed by atoms with Crippen molar-refractivity contribution >= 4 is 44.1 Å². The van der Waals surface area contributed by atoms with Gasteiger partial charge in [-0.15, -0.1) is 0 Å². The summed E-state index contributed by atoms with van der Waals surface area (Å²) in [6.45, 7) is 2.33. The molecule has 0 atom stereocenters. The van der Waals surface area contributed by atoms with Crippen LogP contribution in [0.25, 0.3) is 26.3 Å². The van der Waals surface area contributed by atoms with Crippen molar-refractivity contribution in [3.63, 3.8) is 0 Å². The molecule has 0 saturated heterocycles. The van der Waals surface area contributed by atoms with Crippen LogP contribution in [0, 0.1) is 6.92 Å². The monoisotopic (exact) mass is 514 g/mol. The lowest BCUT2D eigenvalue weighted by atomic mass is 10.2. The third-order valence-electron chi connectivity index (χ3n) is 6.09. The molecule has 0 bridgehead atoms. The van der Waals surface area contributed by atoms with E-state index in [9.17, 15) is 9.59 Å². The fraction of sp³-hybridized carbons (Fsp3) is 0.115. The van der Waals surface area contributed by atoms with Gasteiger partial charge in [0.05, 0.1) is 52.3 Å². The first-order valence-electron chi connectivity index (χ1n) is 11.2. The Hall–Kier alpha value is -4.08. The summed E-state index contributed by atoms with van der Waals surface area (Å²) in [6.07, 6.45) is 2.99. The van der Waals surface area contributed by atoms with E-state index in [1.807, 2.05) is 59.3 Å². The van der Waals surface area contributed by atoms with E-state index in [2.05, 4.69) is 9.97 Å². The Labute approximate surface area is 213 Å². The van der Waals surface area contributed by atoms with E-state index in [1.54, 1.807) is 17.8 Å². The van der Waals surface area contributed by atoms with Crippen molar-refractivity contribution in [3.8, 4) is 5.13 Å². The second-order valence-corrected chi connectivity index (χ2v) is 9.77. The maximum absolute atomic E-state index is 14.0. The number of thiazole rings is 1. The third kappa shape index (κ3) is 3.82. The normalized spacial score (nSPS) is 11.5. The van der Waals surface area contributed by atoms with Crippen molar-refractivity contribution in [1.82, 2.24) is 28.9 Å². The quantitative estimate of drug-likeness (QED) is 0.340. The second-order valence-electron chi connectivity index (χ2n) is 8.37. The number of para-hydroxylation sites is 1. The van der Waals surface area contributed by atoms with Crippen LogP contribution >= 0.6 is 22.9 Å². The van der Waals surface area contributed by atoms with Crippen molar-refractivity contribution in [1.29, 1.82) is 0 Å². The highest BCUT2D eigenvalue weighted by atomic mass is 35.5. The van der Waals surface area contributed by atoms with E-state index >= 15 is 0 Å². The Morgan fingerprint density at radius 1 is 0.944 bits per heavy atom. The molecule has 8 nitrogen and oxygen atoms in total. The molecule has 0 aliphatic heterocycles. The van der Waals surface area contributed by atoms with Crippen LogP contribution < -0.4 is 11.1 Å². The number of hydrogen-bond donors (Lipinski definition) is 0.